The van der Waals surface area contributed by atoms with Crippen LogP contribution in [-0.2, 0) is 4.74 Å². The number of rotatable bonds is 11. The van der Waals surface area contributed by atoms with Gasteiger partial charge in [-0.05, 0) is 61.1 Å². The van der Waals surface area contributed by atoms with E-state index >= 15 is 0 Å². The van der Waals surface area contributed by atoms with E-state index in [-0.39, 0.29) is 11.7 Å². The Morgan fingerprint density at radius 1 is 1.03 bits per heavy atom. The average Bonchev–Trinajstić information content (AvgIpc) is 2.88. The molecule has 0 heterocycles. The van der Waals surface area contributed by atoms with Crippen molar-refractivity contribution in [2.24, 2.45) is 16.8 Å². The van der Waals surface area contributed by atoms with Crippen LogP contribution in [-0.4, -0.2) is 18.9 Å². The van der Waals surface area contributed by atoms with E-state index < -0.39 is 0 Å². The van der Waals surface area contributed by atoms with E-state index in [0.717, 1.165) is 41.6 Å². The second-order valence-corrected chi connectivity index (χ2v) is 9.07. The highest BCUT2D eigenvalue weighted by atomic mass is 16.5. The summed E-state index contributed by atoms with van der Waals surface area (Å²) >= 11 is 0. The molecule has 0 fully saturated rings. The van der Waals surface area contributed by atoms with Crippen molar-refractivity contribution < 1.29 is 9.53 Å². The van der Waals surface area contributed by atoms with Crippen LogP contribution in [0.3, 0.4) is 0 Å². The Hall–Kier alpha value is -3.40. The Kier molecular flexibility index (Phi) is 11.2. The number of nitrogens with one attached hydrogen (secondary N) is 1. The van der Waals surface area contributed by atoms with Gasteiger partial charge >= 0.3 is 0 Å². The number of nitrogens with zero attached hydrogens (tertiary/aromatic N) is 1. The Bertz CT molecular complexity index is 1060. The van der Waals surface area contributed by atoms with E-state index in [1.54, 1.807) is 13.2 Å². The average molecular weight is 473 g/mol. The minimum absolute atomic E-state index is 0.0796. The normalized spacial score (nSPS) is 13.5. The lowest BCUT2D eigenvalue weighted by atomic mass is 9.84. The number of anilines is 1. The van der Waals surface area contributed by atoms with Crippen LogP contribution < -0.4 is 5.32 Å². The summed E-state index contributed by atoms with van der Waals surface area (Å²) < 4.78 is 5.42. The van der Waals surface area contributed by atoms with E-state index in [0.29, 0.717) is 17.6 Å². The van der Waals surface area contributed by atoms with Crippen molar-refractivity contribution in [2.75, 3.05) is 12.4 Å². The van der Waals surface area contributed by atoms with Gasteiger partial charge in [-0.3, -0.25) is 4.79 Å². The molecule has 1 unspecified atom stereocenters. The molecule has 0 saturated heterocycles. The molecule has 4 nitrogen and oxygen atoms in total. The molecule has 2 aromatic rings. The van der Waals surface area contributed by atoms with Crippen LogP contribution >= 0.6 is 0 Å². The fourth-order valence-corrected chi connectivity index (χ4v) is 3.73. The van der Waals surface area contributed by atoms with Gasteiger partial charge in [0, 0.05) is 17.2 Å². The van der Waals surface area contributed by atoms with Crippen LogP contribution in [0.2, 0.25) is 0 Å². The fraction of sp³-hybridized carbons (Fsp3) is 0.355. The summed E-state index contributed by atoms with van der Waals surface area (Å²) in [5.41, 5.74) is 5.78. The molecular formula is C31H40N2O2. The lowest BCUT2D eigenvalue weighted by Crippen LogP contribution is -2.20. The fourth-order valence-electron chi connectivity index (χ4n) is 3.73. The van der Waals surface area contributed by atoms with Crippen LogP contribution in [0.15, 0.2) is 89.6 Å². The third-order valence-electron chi connectivity index (χ3n) is 6.11. The van der Waals surface area contributed by atoms with Crippen LogP contribution in [0.5, 0.6) is 0 Å². The van der Waals surface area contributed by atoms with Gasteiger partial charge in [-0.25, -0.2) is 0 Å². The molecule has 0 aliphatic heterocycles. The molecule has 0 saturated carbocycles. The van der Waals surface area contributed by atoms with Gasteiger partial charge in [0.05, 0.1) is 12.8 Å². The summed E-state index contributed by atoms with van der Waals surface area (Å²) in [6.45, 7) is 14.4. The van der Waals surface area contributed by atoms with Gasteiger partial charge in [-0.1, -0.05) is 88.7 Å². The van der Waals surface area contributed by atoms with Crippen molar-refractivity contribution in [3.8, 4) is 11.1 Å². The maximum atomic E-state index is 12.9. The first-order valence-electron chi connectivity index (χ1n) is 12.5. The number of methoxy groups -OCH3 is 1. The Morgan fingerprint density at radius 3 is 2.11 bits per heavy atom. The van der Waals surface area contributed by atoms with Gasteiger partial charge in [0.2, 0.25) is 0 Å². The van der Waals surface area contributed by atoms with Gasteiger partial charge in [-0.15, -0.1) is 0 Å². The third kappa shape index (κ3) is 8.40. The smallest absolute Gasteiger partial charge is 0.294 e. The van der Waals surface area contributed by atoms with Gasteiger partial charge in [0.15, 0.2) is 5.78 Å². The summed E-state index contributed by atoms with van der Waals surface area (Å²) in [4.78, 5) is 17.5. The number of allylic oxidation sites excluding steroid dienone is 4. The highest BCUT2D eigenvalue weighted by Crippen LogP contribution is 2.26. The van der Waals surface area contributed by atoms with E-state index in [2.05, 4.69) is 51.5 Å². The SMILES string of the molecule is C=C/C(=C\C=C(\C)CC)N=C(Nc1ccc(-c2ccc(C(=O)C(CCC)C(C)C)cc2)cc1)OC. The van der Waals surface area contributed by atoms with Crippen molar-refractivity contribution in [3.05, 3.63) is 90.2 Å². The van der Waals surface area contributed by atoms with Crippen molar-refractivity contribution in [2.45, 2.75) is 53.9 Å². The molecule has 1 N–H and O–H groups in total. The number of aliphatic imine (C=N–C) groups is 1. The molecule has 0 aliphatic rings. The summed E-state index contributed by atoms with van der Waals surface area (Å²) in [6, 6.07) is 16.4. The number of benzene rings is 2. The number of amidine groups is 1. The highest BCUT2D eigenvalue weighted by molar-refractivity contribution is 5.98. The maximum Gasteiger partial charge on any atom is 0.294 e. The molecule has 0 spiro atoms. The van der Waals surface area contributed by atoms with E-state index in [1.165, 1.54) is 5.57 Å². The van der Waals surface area contributed by atoms with E-state index in [1.807, 2.05) is 60.7 Å². The highest BCUT2D eigenvalue weighted by Gasteiger charge is 2.22. The van der Waals surface area contributed by atoms with Gasteiger partial charge < -0.3 is 10.1 Å². The van der Waals surface area contributed by atoms with Crippen LogP contribution in [0, 0.1) is 11.8 Å². The Balaban J connectivity index is 2.15. The predicted octanol–water partition coefficient (Wildman–Crippen LogP) is 8.45. The first kappa shape index (κ1) is 27.8. The van der Waals surface area contributed by atoms with Crippen molar-refractivity contribution in [3.63, 3.8) is 0 Å². The van der Waals surface area contributed by atoms with Crippen LogP contribution in [0.25, 0.3) is 11.1 Å². The third-order valence-corrected chi connectivity index (χ3v) is 6.11. The van der Waals surface area contributed by atoms with Gasteiger partial charge in [0.25, 0.3) is 6.02 Å². The largest absolute Gasteiger partial charge is 0.468 e. The number of hydrogen-bond donors (Lipinski definition) is 1. The van der Waals surface area contributed by atoms with Crippen LogP contribution in [0.4, 0.5) is 5.69 Å². The Morgan fingerprint density at radius 2 is 1.63 bits per heavy atom. The second-order valence-electron chi connectivity index (χ2n) is 9.07. The zero-order valence-electron chi connectivity index (χ0n) is 22.1. The molecule has 4 heteroatoms. The topological polar surface area (TPSA) is 50.7 Å². The lowest BCUT2D eigenvalue weighted by Gasteiger charge is -2.19. The molecule has 1 atom stereocenters. The molecule has 0 aromatic heterocycles. The maximum absolute atomic E-state index is 12.9. The lowest BCUT2D eigenvalue weighted by molar-refractivity contribution is 0.0876. The number of ketones is 1. The van der Waals surface area contributed by atoms with E-state index in [4.69, 9.17) is 4.74 Å². The van der Waals surface area contributed by atoms with Crippen molar-refractivity contribution in [1.82, 2.24) is 0 Å². The predicted molar refractivity (Wildman–Crippen MR) is 150 cm³/mol. The molecule has 0 bridgehead atoms. The summed E-state index contributed by atoms with van der Waals surface area (Å²) in [7, 11) is 1.58. The number of ether oxygens (including phenoxy) is 1. The first-order chi connectivity index (χ1) is 16.8. The molecular weight excluding hydrogens is 432 g/mol. The number of hydrogen-bond acceptors (Lipinski definition) is 3. The summed E-state index contributed by atoms with van der Waals surface area (Å²) in [5, 5.41) is 3.21. The van der Waals surface area contributed by atoms with Crippen LogP contribution in [0.1, 0.15) is 64.2 Å². The quantitative estimate of drug-likeness (QED) is 0.154. The number of carbonyl (C=O) groups excluding carboxylic acids is 1. The number of carbonyl (C=O) groups is 1. The molecule has 186 valence electrons. The van der Waals surface area contributed by atoms with Gasteiger partial charge in [0.1, 0.15) is 0 Å². The zero-order chi connectivity index (χ0) is 25.8. The molecule has 0 amide bonds. The summed E-state index contributed by atoms with van der Waals surface area (Å²) in [5.74, 6) is 0.668. The zero-order valence-corrected chi connectivity index (χ0v) is 22.1. The summed E-state index contributed by atoms with van der Waals surface area (Å²) in [6.07, 6.45) is 8.60. The van der Waals surface area contributed by atoms with Crippen molar-refractivity contribution >= 4 is 17.5 Å². The standard InChI is InChI=1S/C31H40N2O2/c1-8-11-29(22(4)5)30(34)26-15-13-24(14-16-26)25-17-20-28(21-18-25)33-31(35-7)32-27(10-3)19-12-23(6)9-2/h10,12-22,29H,3,8-9,11H2,1-2,4-7H3,(H,32,33)/b23-12-,27-19+. The number of Topliss-reactive ketones (excluding diaryl/α,β-unsaturated/α-hetero) is 1. The Labute approximate surface area is 211 Å². The monoisotopic (exact) mass is 472 g/mol. The molecule has 0 aliphatic carbocycles. The minimum Gasteiger partial charge on any atom is -0.468 e. The molecule has 0 radical (unpaired) electrons. The van der Waals surface area contributed by atoms with Gasteiger partial charge in [-0.2, -0.15) is 4.99 Å². The minimum atomic E-state index is 0.0796. The second kappa shape index (κ2) is 14.1. The van der Waals surface area contributed by atoms with E-state index in [9.17, 15) is 4.79 Å². The molecule has 2 aromatic carbocycles. The molecule has 2 rings (SSSR count). The first-order valence-corrected chi connectivity index (χ1v) is 12.5. The molecule has 35 heavy (non-hydrogen) atoms. The van der Waals surface area contributed by atoms with Crippen molar-refractivity contribution in [1.29, 1.82) is 0 Å².